The third-order valence-electron chi connectivity index (χ3n) is 3.58. The Hall–Kier alpha value is -1.47. The molecule has 7 heteroatoms. The van der Waals surface area contributed by atoms with Crippen LogP contribution in [0.5, 0.6) is 0 Å². The minimum Gasteiger partial charge on any atom is -0.356 e. The van der Waals surface area contributed by atoms with Crippen LogP contribution in [0.15, 0.2) is 16.6 Å². The van der Waals surface area contributed by atoms with Crippen molar-refractivity contribution in [3.05, 3.63) is 32.4 Å². The van der Waals surface area contributed by atoms with Gasteiger partial charge in [0.25, 0.3) is 5.69 Å². The smallest absolute Gasteiger partial charge is 0.294 e. The fourth-order valence-corrected chi connectivity index (χ4v) is 3.16. The standard InChI is InChI=1S/C13H14BrN3O3/c1-8-12-10(6-5-9(14)13(12)17(18)19)16(15-8)11-4-2-3-7-20-11/h5-6,11H,2-4,7H2,1H3. The van der Waals surface area contributed by atoms with Crippen LogP contribution < -0.4 is 0 Å². The third kappa shape index (κ3) is 2.10. The summed E-state index contributed by atoms with van der Waals surface area (Å²) >= 11 is 3.25. The molecule has 106 valence electrons. The van der Waals surface area contributed by atoms with E-state index in [0.717, 1.165) is 24.8 Å². The van der Waals surface area contributed by atoms with Crippen molar-refractivity contribution in [2.24, 2.45) is 0 Å². The van der Waals surface area contributed by atoms with Crippen molar-refractivity contribution in [2.75, 3.05) is 6.61 Å². The summed E-state index contributed by atoms with van der Waals surface area (Å²) < 4.78 is 7.99. The molecular weight excluding hydrogens is 326 g/mol. The highest BCUT2D eigenvalue weighted by atomic mass is 79.9. The summed E-state index contributed by atoms with van der Waals surface area (Å²) in [7, 11) is 0. The summed E-state index contributed by atoms with van der Waals surface area (Å²) in [6.45, 7) is 2.50. The van der Waals surface area contributed by atoms with Gasteiger partial charge in [-0.25, -0.2) is 4.68 Å². The zero-order valence-corrected chi connectivity index (χ0v) is 12.6. The first-order valence-corrected chi connectivity index (χ1v) is 7.32. The minimum atomic E-state index is -0.368. The average Bonchev–Trinajstić information content (AvgIpc) is 2.77. The summed E-state index contributed by atoms with van der Waals surface area (Å²) in [5.74, 6) is 0. The molecule has 1 unspecified atom stereocenters. The Kier molecular flexibility index (Phi) is 3.47. The Morgan fingerprint density at radius 2 is 2.30 bits per heavy atom. The lowest BCUT2D eigenvalue weighted by Crippen LogP contribution is -2.19. The first-order chi connectivity index (χ1) is 9.59. The molecule has 1 aromatic carbocycles. The van der Waals surface area contributed by atoms with Crippen LogP contribution in [-0.4, -0.2) is 21.3 Å². The number of nitro benzene ring substituents is 1. The first kappa shape index (κ1) is 13.5. The van der Waals surface area contributed by atoms with Crippen LogP contribution in [0.2, 0.25) is 0 Å². The van der Waals surface area contributed by atoms with E-state index in [2.05, 4.69) is 21.0 Å². The maximum Gasteiger partial charge on any atom is 0.294 e. The molecule has 1 atom stereocenters. The number of fused-ring (bicyclic) bond motifs is 1. The monoisotopic (exact) mass is 339 g/mol. The molecule has 2 aromatic rings. The highest BCUT2D eigenvalue weighted by Crippen LogP contribution is 2.37. The Morgan fingerprint density at radius 1 is 1.50 bits per heavy atom. The van der Waals surface area contributed by atoms with Gasteiger partial charge in [-0.2, -0.15) is 5.10 Å². The van der Waals surface area contributed by atoms with Crippen LogP contribution >= 0.6 is 15.9 Å². The van der Waals surface area contributed by atoms with E-state index in [0.29, 0.717) is 22.2 Å². The molecule has 0 amide bonds. The molecule has 0 aliphatic carbocycles. The highest BCUT2D eigenvalue weighted by molar-refractivity contribution is 9.10. The van der Waals surface area contributed by atoms with Crippen LogP contribution in [-0.2, 0) is 4.74 Å². The normalized spacial score (nSPS) is 19.4. The molecule has 0 radical (unpaired) electrons. The molecule has 0 saturated carbocycles. The Balaban J connectivity index is 2.21. The van der Waals surface area contributed by atoms with E-state index in [1.54, 1.807) is 17.7 Å². The second-order valence-electron chi connectivity index (χ2n) is 4.90. The molecule has 0 N–H and O–H groups in total. The number of hydrogen-bond donors (Lipinski definition) is 0. The fourth-order valence-electron chi connectivity index (χ4n) is 2.68. The number of aryl methyl sites for hydroxylation is 1. The molecule has 0 spiro atoms. The van der Waals surface area contributed by atoms with Crippen LogP contribution in [0.4, 0.5) is 5.69 Å². The Labute approximate surface area is 124 Å². The van der Waals surface area contributed by atoms with Gasteiger partial charge < -0.3 is 4.74 Å². The number of nitrogens with zero attached hydrogens (tertiary/aromatic N) is 3. The van der Waals surface area contributed by atoms with Gasteiger partial charge in [0, 0.05) is 6.61 Å². The van der Waals surface area contributed by atoms with Crippen LogP contribution in [0.25, 0.3) is 10.9 Å². The second-order valence-corrected chi connectivity index (χ2v) is 5.75. The highest BCUT2D eigenvalue weighted by Gasteiger charge is 2.26. The maximum atomic E-state index is 11.3. The number of hydrogen-bond acceptors (Lipinski definition) is 4. The largest absolute Gasteiger partial charge is 0.356 e. The molecule has 1 fully saturated rings. The van der Waals surface area contributed by atoms with Gasteiger partial charge in [-0.05, 0) is 54.2 Å². The zero-order chi connectivity index (χ0) is 14.3. The van der Waals surface area contributed by atoms with E-state index >= 15 is 0 Å². The molecule has 20 heavy (non-hydrogen) atoms. The van der Waals surface area contributed by atoms with Crippen molar-refractivity contribution >= 4 is 32.5 Å². The maximum absolute atomic E-state index is 11.3. The van der Waals surface area contributed by atoms with Crippen molar-refractivity contribution in [1.29, 1.82) is 0 Å². The van der Waals surface area contributed by atoms with E-state index in [1.165, 1.54) is 0 Å². The van der Waals surface area contributed by atoms with Gasteiger partial charge in [0.1, 0.15) is 5.39 Å². The summed E-state index contributed by atoms with van der Waals surface area (Å²) in [6, 6.07) is 3.55. The summed E-state index contributed by atoms with van der Waals surface area (Å²) in [5.41, 5.74) is 1.48. The zero-order valence-electron chi connectivity index (χ0n) is 11.0. The molecule has 0 bridgehead atoms. The lowest BCUT2D eigenvalue weighted by molar-refractivity contribution is -0.383. The number of rotatable bonds is 2. The summed E-state index contributed by atoms with van der Waals surface area (Å²) in [4.78, 5) is 10.9. The Morgan fingerprint density at radius 3 is 2.95 bits per heavy atom. The van der Waals surface area contributed by atoms with Gasteiger partial charge in [-0.3, -0.25) is 10.1 Å². The Bertz CT molecular complexity index is 677. The molecule has 1 aromatic heterocycles. The molecular formula is C13H14BrN3O3. The van der Waals surface area contributed by atoms with Gasteiger partial charge in [0.05, 0.1) is 20.6 Å². The number of aromatic nitrogens is 2. The molecule has 1 saturated heterocycles. The van der Waals surface area contributed by atoms with Gasteiger partial charge in [0.2, 0.25) is 0 Å². The van der Waals surface area contributed by atoms with Crippen molar-refractivity contribution < 1.29 is 9.66 Å². The van der Waals surface area contributed by atoms with Crippen molar-refractivity contribution in [3.8, 4) is 0 Å². The van der Waals surface area contributed by atoms with Gasteiger partial charge >= 0.3 is 0 Å². The van der Waals surface area contributed by atoms with Crippen LogP contribution in [0.3, 0.4) is 0 Å². The molecule has 6 nitrogen and oxygen atoms in total. The van der Waals surface area contributed by atoms with E-state index < -0.39 is 0 Å². The molecule has 1 aliphatic heterocycles. The van der Waals surface area contributed by atoms with Gasteiger partial charge in [-0.1, -0.05) is 0 Å². The lowest BCUT2D eigenvalue weighted by atomic mass is 10.1. The average molecular weight is 340 g/mol. The first-order valence-electron chi connectivity index (χ1n) is 6.53. The minimum absolute atomic E-state index is 0.0714. The van der Waals surface area contributed by atoms with Crippen LogP contribution in [0.1, 0.15) is 31.2 Å². The van der Waals surface area contributed by atoms with Crippen molar-refractivity contribution in [3.63, 3.8) is 0 Å². The van der Waals surface area contributed by atoms with Gasteiger partial charge in [-0.15, -0.1) is 0 Å². The van der Waals surface area contributed by atoms with Crippen molar-refractivity contribution in [2.45, 2.75) is 32.4 Å². The topological polar surface area (TPSA) is 70.2 Å². The third-order valence-corrected chi connectivity index (χ3v) is 4.22. The van der Waals surface area contributed by atoms with E-state index in [1.807, 2.05) is 6.07 Å². The van der Waals surface area contributed by atoms with Crippen molar-refractivity contribution in [1.82, 2.24) is 9.78 Å². The fraction of sp³-hybridized carbons (Fsp3) is 0.462. The summed E-state index contributed by atoms with van der Waals surface area (Å²) in [6.07, 6.45) is 2.91. The molecule has 3 rings (SSSR count). The van der Waals surface area contributed by atoms with Crippen LogP contribution in [0, 0.1) is 17.0 Å². The van der Waals surface area contributed by atoms with E-state index in [-0.39, 0.29) is 16.8 Å². The summed E-state index contributed by atoms with van der Waals surface area (Å²) in [5, 5.41) is 16.3. The lowest BCUT2D eigenvalue weighted by Gasteiger charge is -2.23. The quantitative estimate of drug-likeness (QED) is 0.617. The van der Waals surface area contributed by atoms with Gasteiger partial charge in [0.15, 0.2) is 6.23 Å². The number of halogens is 1. The van der Waals surface area contributed by atoms with E-state index in [4.69, 9.17) is 4.74 Å². The predicted molar refractivity (Wildman–Crippen MR) is 77.7 cm³/mol. The number of ether oxygens (including phenoxy) is 1. The predicted octanol–water partition coefficient (Wildman–Crippen LogP) is 3.71. The number of benzene rings is 1. The number of nitro groups is 1. The second kappa shape index (κ2) is 5.14. The van der Waals surface area contributed by atoms with E-state index in [9.17, 15) is 10.1 Å². The molecule has 2 heterocycles. The molecule has 1 aliphatic rings. The SMILES string of the molecule is Cc1nn(C2CCCCO2)c2ccc(Br)c([N+](=O)[O-])c12.